The van der Waals surface area contributed by atoms with E-state index < -0.39 is 57.7 Å². The summed E-state index contributed by atoms with van der Waals surface area (Å²) in [7, 11) is 0. The van der Waals surface area contributed by atoms with Gasteiger partial charge in [0.15, 0.2) is 0 Å². The number of pyridine rings is 2. The number of carbonyl (C=O) groups is 1. The molecule has 0 aliphatic carbocycles. The third kappa shape index (κ3) is 5.79. The maximum atomic E-state index is 15.3. The van der Waals surface area contributed by atoms with Crippen molar-refractivity contribution < 1.29 is 35.5 Å². The molecule has 0 saturated carbocycles. The number of anilines is 2. The van der Waals surface area contributed by atoms with E-state index in [1.54, 1.807) is 4.90 Å². The van der Waals surface area contributed by atoms with E-state index >= 15 is 4.39 Å². The van der Waals surface area contributed by atoms with E-state index in [4.69, 9.17) is 0 Å². The van der Waals surface area contributed by atoms with E-state index in [1.807, 2.05) is 11.9 Å². The number of aromatic amines is 1. The van der Waals surface area contributed by atoms with Crippen molar-refractivity contribution >= 4 is 17.3 Å². The average Bonchev–Trinajstić information content (AvgIpc) is 2.83. The molecule has 3 heterocycles. The lowest BCUT2D eigenvalue weighted by molar-refractivity contribution is -0.141. The zero-order chi connectivity index (χ0) is 27.8. The number of benzene rings is 1. The topological polar surface area (TPSA) is 90.1 Å². The fourth-order valence-corrected chi connectivity index (χ4v) is 4.10. The molecule has 1 aromatic carbocycles. The van der Waals surface area contributed by atoms with Gasteiger partial charge in [0.05, 0.1) is 28.2 Å². The molecule has 0 radical (unpaired) electrons. The van der Waals surface area contributed by atoms with Gasteiger partial charge >= 0.3 is 12.4 Å². The molecule has 0 spiro atoms. The summed E-state index contributed by atoms with van der Waals surface area (Å²) in [5.74, 6) is -2.22. The van der Waals surface area contributed by atoms with Crippen molar-refractivity contribution in [1.29, 1.82) is 0 Å². The van der Waals surface area contributed by atoms with Crippen LogP contribution in [0.4, 0.5) is 42.1 Å². The molecule has 3 N–H and O–H groups in total. The Morgan fingerprint density at radius 2 is 1.84 bits per heavy atom. The third-order valence-electron chi connectivity index (χ3n) is 5.83. The molecule has 38 heavy (non-hydrogen) atoms. The second-order valence-corrected chi connectivity index (χ2v) is 8.63. The number of rotatable bonds is 4. The Labute approximate surface area is 210 Å². The molecular formula is C24H20F7N5O2. The first-order valence-electron chi connectivity index (χ1n) is 11.2. The Balaban J connectivity index is 1.83. The van der Waals surface area contributed by atoms with Gasteiger partial charge in [-0.05, 0) is 31.2 Å². The van der Waals surface area contributed by atoms with Gasteiger partial charge in [-0.25, -0.2) is 9.37 Å². The smallest absolute Gasteiger partial charge is 0.367 e. The number of nitrogens with one attached hydrogen (secondary N) is 3. The zero-order valence-electron chi connectivity index (χ0n) is 19.6. The maximum absolute atomic E-state index is 15.3. The number of nitrogens with zero attached hydrogens (tertiary/aromatic N) is 2. The molecule has 1 fully saturated rings. The van der Waals surface area contributed by atoms with Crippen molar-refractivity contribution in [3.8, 4) is 11.3 Å². The summed E-state index contributed by atoms with van der Waals surface area (Å²) in [6.45, 7) is 3.01. The molecule has 1 aliphatic rings. The van der Waals surface area contributed by atoms with Crippen LogP contribution in [0.5, 0.6) is 0 Å². The van der Waals surface area contributed by atoms with E-state index in [0.29, 0.717) is 31.9 Å². The molecule has 4 rings (SSSR count). The normalized spacial score (nSPS) is 16.4. The zero-order valence-corrected chi connectivity index (χ0v) is 19.6. The molecule has 2 aromatic heterocycles. The Morgan fingerprint density at radius 1 is 1.11 bits per heavy atom. The first-order chi connectivity index (χ1) is 17.7. The van der Waals surface area contributed by atoms with Crippen molar-refractivity contribution in [1.82, 2.24) is 15.3 Å². The van der Waals surface area contributed by atoms with Crippen molar-refractivity contribution in [3.63, 3.8) is 0 Å². The molecule has 202 valence electrons. The van der Waals surface area contributed by atoms with Gasteiger partial charge in [-0.2, -0.15) is 26.3 Å². The predicted molar refractivity (Wildman–Crippen MR) is 124 cm³/mol. The van der Waals surface area contributed by atoms with Crippen LogP contribution < -0.4 is 21.1 Å². The summed E-state index contributed by atoms with van der Waals surface area (Å²) in [6.07, 6.45) is -9.24. The third-order valence-corrected chi connectivity index (χ3v) is 5.83. The van der Waals surface area contributed by atoms with Crippen molar-refractivity contribution in [2.45, 2.75) is 25.3 Å². The van der Waals surface area contributed by atoms with Gasteiger partial charge in [-0.15, -0.1) is 0 Å². The van der Waals surface area contributed by atoms with E-state index in [2.05, 4.69) is 15.6 Å². The van der Waals surface area contributed by atoms with Gasteiger partial charge in [0.2, 0.25) is 5.56 Å². The van der Waals surface area contributed by atoms with Gasteiger partial charge in [0.25, 0.3) is 5.91 Å². The van der Waals surface area contributed by atoms with Crippen LogP contribution >= 0.6 is 0 Å². The molecule has 3 aromatic rings. The highest BCUT2D eigenvalue weighted by Gasteiger charge is 2.36. The second-order valence-electron chi connectivity index (χ2n) is 8.63. The highest BCUT2D eigenvalue weighted by atomic mass is 19.4. The summed E-state index contributed by atoms with van der Waals surface area (Å²) in [5.41, 5.74) is -5.59. The van der Waals surface area contributed by atoms with Crippen LogP contribution in [0.15, 0.2) is 47.4 Å². The minimum Gasteiger partial charge on any atom is -0.367 e. The quantitative estimate of drug-likeness (QED) is 0.417. The monoisotopic (exact) mass is 543 g/mol. The van der Waals surface area contributed by atoms with Crippen LogP contribution in [0.1, 0.15) is 28.5 Å². The van der Waals surface area contributed by atoms with Crippen molar-refractivity contribution in [3.05, 3.63) is 75.6 Å². The summed E-state index contributed by atoms with van der Waals surface area (Å²) < 4.78 is 95.4. The molecule has 0 unspecified atom stereocenters. The first kappa shape index (κ1) is 27.1. The van der Waals surface area contributed by atoms with Gasteiger partial charge in [0.1, 0.15) is 11.5 Å². The van der Waals surface area contributed by atoms with Crippen molar-refractivity contribution in [2.24, 2.45) is 0 Å². The van der Waals surface area contributed by atoms with E-state index in [1.165, 1.54) is 0 Å². The van der Waals surface area contributed by atoms with Gasteiger partial charge in [-0.3, -0.25) is 9.59 Å². The van der Waals surface area contributed by atoms with Gasteiger partial charge in [0, 0.05) is 43.5 Å². The summed E-state index contributed by atoms with van der Waals surface area (Å²) in [5, 5.41) is 5.48. The minimum atomic E-state index is -5.03. The molecule has 14 heteroatoms. The number of amides is 1. The summed E-state index contributed by atoms with van der Waals surface area (Å²) in [4.78, 5) is 31.6. The van der Waals surface area contributed by atoms with Crippen LogP contribution in [0.2, 0.25) is 0 Å². The van der Waals surface area contributed by atoms with Crippen LogP contribution in [-0.2, 0) is 12.4 Å². The van der Waals surface area contributed by atoms with Crippen LogP contribution in [-0.4, -0.2) is 41.6 Å². The highest BCUT2D eigenvalue weighted by Crippen LogP contribution is 2.37. The lowest BCUT2D eigenvalue weighted by Crippen LogP contribution is -2.49. The van der Waals surface area contributed by atoms with E-state index in [0.717, 1.165) is 24.3 Å². The molecule has 1 aliphatic heterocycles. The largest absolute Gasteiger partial charge is 0.433 e. The maximum Gasteiger partial charge on any atom is 0.433 e. The molecule has 7 nitrogen and oxygen atoms in total. The first-order valence-corrected chi connectivity index (χ1v) is 11.2. The number of carbonyl (C=O) groups excluding carboxylic acids is 1. The molecule has 0 bridgehead atoms. The van der Waals surface area contributed by atoms with Crippen LogP contribution in [0.25, 0.3) is 11.3 Å². The second kappa shape index (κ2) is 10.1. The number of halogens is 7. The van der Waals surface area contributed by atoms with Crippen LogP contribution in [0.3, 0.4) is 0 Å². The number of aromatic nitrogens is 2. The number of hydrogen-bond donors (Lipinski definition) is 3. The average molecular weight is 543 g/mol. The lowest BCUT2D eigenvalue weighted by Gasteiger charge is -2.35. The van der Waals surface area contributed by atoms with Crippen molar-refractivity contribution in [2.75, 3.05) is 29.9 Å². The molecule has 1 amide bonds. The van der Waals surface area contributed by atoms with Gasteiger partial charge in [-0.1, -0.05) is 6.07 Å². The predicted octanol–water partition coefficient (Wildman–Crippen LogP) is 4.66. The number of piperazine rings is 1. The van der Waals surface area contributed by atoms with Crippen LogP contribution in [0, 0.1) is 5.82 Å². The standard InChI is InChI=1S/C24H20F7N5O2/c1-12-11-36(6-5-32-12)19-9-16(25)13(17-3-2-4-20(34-17)24(29,30)31)7-18(19)35-22(38)14-10-33-21(37)8-15(14)23(26,27)28/h2-4,7-10,12,32H,5-6,11H2,1H3,(H,33,37)(H,35,38)/t12-/m0/s1. The van der Waals surface area contributed by atoms with E-state index in [9.17, 15) is 35.9 Å². The molecular weight excluding hydrogens is 523 g/mol. The molecule has 1 saturated heterocycles. The van der Waals surface area contributed by atoms with Gasteiger partial charge < -0.3 is 20.5 Å². The summed E-state index contributed by atoms with van der Waals surface area (Å²) >= 11 is 0. The molecule has 1 atom stereocenters. The number of H-pyrrole nitrogens is 1. The fraction of sp³-hybridized carbons (Fsp3) is 0.292. The Hall–Kier alpha value is -3.94. The van der Waals surface area contributed by atoms with E-state index in [-0.39, 0.29) is 23.5 Å². The fourth-order valence-electron chi connectivity index (χ4n) is 4.10. The number of hydrogen-bond acceptors (Lipinski definition) is 5. The number of alkyl halides is 6. The minimum absolute atomic E-state index is 0.0591. The highest BCUT2D eigenvalue weighted by molar-refractivity contribution is 6.07. The Morgan fingerprint density at radius 3 is 2.50 bits per heavy atom. The Kier molecular flexibility index (Phi) is 7.19. The SMILES string of the molecule is C[C@H]1CN(c2cc(F)c(-c3cccc(C(F)(F)F)n3)cc2NC(=O)c2c[nH]c(=O)cc2C(F)(F)F)CCN1. The summed E-state index contributed by atoms with van der Waals surface area (Å²) in [6, 6.07) is 5.06. The Bertz CT molecular complexity index is 1420. The lowest BCUT2D eigenvalue weighted by atomic mass is 10.0.